The standard InChI is InChI=1S/C14H24N.ClHO4/c1-2-3-4-5-6-7-9-12-15-13-10-8-11-14-15;2-1(3,4)5/h8,10-11,13-14H,2-7,9,12H2,1H3;(H,2,3,4,5)/q+1;/p-1. The summed E-state index contributed by atoms with van der Waals surface area (Å²) in [5.41, 5.74) is 0. The van der Waals surface area contributed by atoms with Gasteiger partial charge in [-0.3, -0.25) is 0 Å². The normalized spacial score (nSPS) is 10.8. The molecule has 20 heavy (non-hydrogen) atoms. The Morgan fingerprint density at radius 3 is 1.70 bits per heavy atom. The Labute approximate surface area is 123 Å². The number of rotatable bonds is 8. The monoisotopic (exact) mass is 305 g/mol. The zero-order valence-electron chi connectivity index (χ0n) is 12.0. The Kier molecular flexibility index (Phi) is 11.6. The van der Waals surface area contributed by atoms with Crippen LogP contribution in [0.1, 0.15) is 51.9 Å². The van der Waals surface area contributed by atoms with Crippen molar-refractivity contribution in [3.8, 4) is 0 Å². The summed E-state index contributed by atoms with van der Waals surface area (Å²) in [4.78, 5) is 0. The summed E-state index contributed by atoms with van der Waals surface area (Å²) in [5.74, 6) is 0. The van der Waals surface area contributed by atoms with E-state index in [-0.39, 0.29) is 0 Å². The summed E-state index contributed by atoms with van der Waals surface area (Å²) in [6, 6.07) is 6.27. The number of nitrogens with zero attached hydrogens (tertiary/aromatic N) is 1. The predicted octanol–water partition coefficient (Wildman–Crippen LogP) is -1.03. The van der Waals surface area contributed by atoms with Crippen molar-refractivity contribution in [1.29, 1.82) is 0 Å². The molecule has 0 saturated heterocycles. The predicted molar refractivity (Wildman–Crippen MR) is 64.6 cm³/mol. The van der Waals surface area contributed by atoms with Gasteiger partial charge in [0.1, 0.15) is 6.54 Å². The fourth-order valence-electron chi connectivity index (χ4n) is 1.83. The maximum atomic E-state index is 8.49. The molecule has 0 fully saturated rings. The number of pyridine rings is 1. The van der Waals surface area contributed by atoms with Crippen LogP contribution < -0.4 is 23.2 Å². The van der Waals surface area contributed by atoms with Gasteiger partial charge in [0.25, 0.3) is 0 Å². The molecule has 0 aliphatic carbocycles. The molecule has 1 rings (SSSR count). The van der Waals surface area contributed by atoms with Crippen molar-refractivity contribution >= 4 is 0 Å². The summed E-state index contributed by atoms with van der Waals surface area (Å²) < 4.78 is 36.2. The Balaban J connectivity index is 0.000000621. The highest BCUT2D eigenvalue weighted by atomic mass is 35.7. The van der Waals surface area contributed by atoms with Gasteiger partial charge in [-0.1, -0.05) is 45.1 Å². The lowest BCUT2D eigenvalue weighted by atomic mass is 10.1. The van der Waals surface area contributed by atoms with E-state index in [1.54, 1.807) is 0 Å². The van der Waals surface area contributed by atoms with Gasteiger partial charge < -0.3 is 0 Å². The van der Waals surface area contributed by atoms with Gasteiger partial charge in [0.05, 0.1) is 0 Å². The van der Waals surface area contributed by atoms with Gasteiger partial charge in [-0.25, -0.2) is 23.2 Å². The summed E-state index contributed by atoms with van der Waals surface area (Å²) in [7, 11) is -4.94. The first kappa shape index (κ1) is 19.3. The van der Waals surface area contributed by atoms with Crippen molar-refractivity contribution in [2.45, 2.75) is 58.4 Å². The van der Waals surface area contributed by atoms with Gasteiger partial charge in [0, 0.05) is 18.6 Å². The molecule has 0 atom stereocenters. The molecule has 0 N–H and O–H groups in total. The number of unbranched alkanes of at least 4 members (excludes halogenated alkanes) is 6. The molecule has 1 aromatic rings. The highest BCUT2D eigenvalue weighted by Crippen LogP contribution is 2.06. The molecule has 0 saturated carbocycles. The first-order valence-electron chi connectivity index (χ1n) is 6.99. The molecule has 1 heterocycles. The molecule has 0 aromatic carbocycles. The van der Waals surface area contributed by atoms with Crippen molar-refractivity contribution in [1.82, 2.24) is 0 Å². The molecule has 0 amide bonds. The van der Waals surface area contributed by atoms with E-state index in [1.165, 1.54) is 51.5 Å². The van der Waals surface area contributed by atoms with E-state index in [0.717, 1.165) is 0 Å². The quantitative estimate of drug-likeness (QED) is 0.453. The topological polar surface area (TPSA) is 96.1 Å². The van der Waals surface area contributed by atoms with E-state index in [0.29, 0.717) is 0 Å². The molecule has 0 spiro atoms. The molecular formula is C14H24ClNO4. The molecule has 116 valence electrons. The summed E-state index contributed by atoms with van der Waals surface area (Å²) >= 11 is 0. The fraction of sp³-hybridized carbons (Fsp3) is 0.643. The van der Waals surface area contributed by atoms with E-state index in [4.69, 9.17) is 18.6 Å². The van der Waals surface area contributed by atoms with Gasteiger partial charge in [-0.05, 0) is 6.42 Å². The van der Waals surface area contributed by atoms with E-state index in [9.17, 15) is 0 Å². The minimum Gasteiger partial charge on any atom is -0.222 e. The van der Waals surface area contributed by atoms with Gasteiger partial charge in [0.15, 0.2) is 12.4 Å². The Morgan fingerprint density at radius 2 is 1.20 bits per heavy atom. The van der Waals surface area contributed by atoms with Crippen LogP contribution in [0.5, 0.6) is 0 Å². The second-order valence-corrected chi connectivity index (χ2v) is 5.37. The van der Waals surface area contributed by atoms with Crippen LogP contribution >= 0.6 is 0 Å². The summed E-state index contributed by atoms with van der Waals surface area (Å²) in [6.45, 7) is 3.45. The molecule has 0 bridgehead atoms. The average Bonchev–Trinajstić information content (AvgIpc) is 2.37. The van der Waals surface area contributed by atoms with E-state index < -0.39 is 10.2 Å². The van der Waals surface area contributed by atoms with Crippen LogP contribution in [0.4, 0.5) is 0 Å². The largest absolute Gasteiger partial charge is 0.222 e. The maximum Gasteiger partial charge on any atom is 0.168 e. The average molecular weight is 306 g/mol. The smallest absolute Gasteiger partial charge is 0.168 e. The zero-order valence-corrected chi connectivity index (χ0v) is 12.8. The fourth-order valence-corrected chi connectivity index (χ4v) is 1.83. The molecule has 0 radical (unpaired) electrons. The van der Waals surface area contributed by atoms with Crippen molar-refractivity contribution in [2.75, 3.05) is 0 Å². The lowest BCUT2D eigenvalue weighted by Crippen LogP contribution is -2.68. The second-order valence-electron chi connectivity index (χ2n) is 4.61. The van der Waals surface area contributed by atoms with Crippen LogP contribution in [0.25, 0.3) is 0 Å². The van der Waals surface area contributed by atoms with E-state index >= 15 is 0 Å². The summed E-state index contributed by atoms with van der Waals surface area (Å²) in [6.07, 6.45) is 14.0. The third-order valence-electron chi connectivity index (χ3n) is 2.80. The minimum absolute atomic E-state index is 1.18. The zero-order chi connectivity index (χ0) is 15.3. The van der Waals surface area contributed by atoms with E-state index in [1.807, 2.05) is 0 Å². The number of aryl methyl sites for hydroxylation is 1. The van der Waals surface area contributed by atoms with Gasteiger partial charge in [-0.15, -0.1) is 10.2 Å². The molecule has 6 heteroatoms. The molecular weight excluding hydrogens is 282 g/mol. The van der Waals surface area contributed by atoms with Crippen molar-refractivity contribution in [3.05, 3.63) is 30.6 Å². The number of hydrogen-bond donors (Lipinski definition) is 0. The van der Waals surface area contributed by atoms with Crippen LogP contribution in [-0.2, 0) is 6.54 Å². The third kappa shape index (κ3) is 17.3. The summed E-state index contributed by atoms with van der Waals surface area (Å²) in [5, 5.41) is 0. The number of aromatic nitrogens is 1. The highest BCUT2D eigenvalue weighted by molar-refractivity contribution is 4.83. The number of halogens is 1. The first-order chi connectivity index (χ1) is 9.43. The van der Waals surface area contributed by atoms with Gasteiger partial charge >= 0.3 is 0 Å². The second kappa shape index (κ2) is 12.1. The van der Waals surface area contributed by atoms with Gasteiger partial charge in [0.2, 0.25) is 0 Å². The molecule has 0 aliphatic heterocycles. The van der Waals surface area contributed by atoms with Crippen LogP contribution in [0.15, 0.2) is 30.6 Å². The maximum absolute atomic E-state index is 8.49. The first-order valence-corrected chi connectivity index (χ1v) is 8.22. The lowest BCUT2D eigenvalue weighted by Gasteiger charge is -2.17. The Hall–Kier alpha value is -0.720. The SMILES string of the molecule is CCCCCCCCC[n+]1ccccc1.[O-][Cl+3]([O-])([O-])[O-]. The highest BCUT2D eigenvalue weighted by Gasteiger charge is 1.97. The van der Waals surface area contributed by atoms with Crippen molar-refractivity contribution in [3.63, 3.8) is 0 Å². The molecule has 1 aromatic heterocycles. The molecule has 0 aliphatic rings. The number of hydrogen-bond acceptors (Lipinski definition) is 4. The Morgan fingerprint density at radius 1 is 0.750 bits per heavy atom. The molecule has 0 unspecified atom stereocenters. The Bertz CT molecular complexity index is 311. The minimum atomic E-state index is -4.94. The molecule has 5 nitrogen and oxygen atoms in total. The van der Waals surface area contributed by atoms with Crippen molar-refractivity contribution < 1.29 is 33.4 Å². The van der Waals surface area contributed by atoms with Crippen LogP contribution in [0, 0.1) is 10.2 Å². The third-order valence-corrected chi connectivity index (χ3v) is 2.80. The van der Waals surface area contributed by atoms with Crippen LogP contribution in [-0.4, -0.2) is 0 Å². The lowest BCUT2D eigenvalue weighted by molar-refractivity contribution is -2.00. The van der Waals surface area contributed by atoms with E-state index in [2.05, 4.69) is 42.1 Å². The van der Waals surface area contributed by atoms with Gasteiger partial charge in [-0.2, -0.15) is 0 Å². The van der Waals surface area contributed by atoms with Crippen LogP contribution in [0.3, 0.4) is 0 Å². The van der Waals surface area contributed by atoms with Crippen molar-refractivity contribution in [2.24, 2.45) is 0 Å². The van der Waals surface area contributed by atoms with Crippen LogP contribution in [0.2, 0.25) is 0 Å².